The Morgan fingerprint density at radius 2 is 1.90 bits per heavy atom. The second kappa shape index (κ2) is 8.98. The van der Waals surface area contributed by atoms with Crippen LogP contribution in [0, 0.1) is 19.8 Å². The average Bonchev–Trinajstić information content (AvgIpc) is 3.19. The molecule has 0 unspecified atom stereocenters. The van der Waals surface area contributed by atoms with E-state index in [9.17, 15) is 4.79 Å². The first-order valence-electron chi connectivity index (χ1n) is 10.2. The van der Waals surface area contributed by atoms with Crippen molar-refractivity contribution < 1.29 is 9.32 Å². The maximum Gasteiger partial charge on any atom is 0.241 e. The van der Waals surface area contributed by atoms with Crippen LogP contribution in [0.25, 0.3) is 11.4 Å². The van der Waals surface area contributed by atoms with E-state index in [1.165, 1.54) is 5.56 Å². The minimum absolute atomic E-state index is 0.00197. The molecule has 1 aromatic heterocycles. The van der Waals surface area contributed by atoms with Gasteiger partial charge in [0.2, 0.25) is 17.6 Å². The molecular weight excluding hydrogens is 400 g/mol. The molecule has 156 valence electrons. The maximum absolute atomic E-state index is 12.7. The van der Waals surface area contributed by atoms with Gasteiger partial charge in [0, 0.05) is 22.2 Å². The number of likely N-dealkylation sites (tertiary alicyclic amines) is 1. The highest BCUT2D eigenvalue weighted by atomic mass is 35.5. The van der Waals surface area contributed by atoms with Crippen LogP contribution in [0.15, 0.2) is 47.0 Å². The number of halogens is 1. The summed E-state index contributed by atoms with van der Waals surface area (Å²) in [4.78, 5) is 19.4. The molecule has 2 aromatic carbocycles. The van der Waals surface area contributed by atoms with Gasteiger partial charge in [-0.05, 0) is 63.5 Å². The largest absolute Gasteiger partial charge is 0.338 e. The van der Waals surface area contributed by atoms with E-state index in [1.807, 2.05) is 50.2 Å². The summed E-state index contributed by atoms with van der Waals surface area (Å²) in [7, 11) is 0. The van der Waals surface area contributed by atoms with E-state index >= 15 is 0 Å². The lowest BCUT2D eigenvalue weighted by molar-refractivity contribution is -0.121. The van der Waals surface area contributed by atoms with E-state index in [0.29, 0.717) is 23.3 Å². The van der Waals surface area contributed by atoms with Crippen molar-refractivity contribution in [3.63, 3.8) is 0 Å². The predicted molar refractivity (Wildman–Crippen MR) is 117 cm³/mol. The maximum atomic E-state index is 12.7. The van der Waals surface area contributed by atoms with Crippen LogP contribution in [-0.2, 0) is 11.3 Å². The Morgan fingerprint density at radius 1 is 1.17 bits per heavy atom. The van der Waals surface area contributed by atoms with Crippen molar-refractivity contribution in [2.24, 2.45) is 5.92 Å². The molecule has 1 saturated heterocycles. The second-order valence-corrected chi connectivity index (χ2v) is 8.31. The summed E-state index contributed by atoms with van der Waals surface area (Å²) in [5.41, 5.74) is 3.93. The molecular formula is C23H25ClN4O2. The van der Waals surface area contributed by atoms with Gasteiger partial charge in [-0.3, -0.25) is 9.69 Å². The van der Waals surface area contributed by atoms with Gasteiger partial charge in [-0.25, -0.2) is 0 Å². The molecule has 2 heterocycles. The van der Waals surface area contributed by atoms with Gasteiger partial charge in [0.05, 0.1) is 6.54 Å². The highest BCUT2D eigenvalue weighted by Gasteiger charge is 2.26. The van der Waals surface area contributed by atoms with Crippen LogP contribution in [0.4, 0.5) is 5.69 Å². The number of amides is 1. The predicted octanol–water partition coefficient (Wildman–Crippen LogP) is 4.86. The number of hydrogen-bond acceptors (Lipinski definition) is 5. The van der Waals surface area contributed by atoms with Gasteiger partial charge in [0.1, 0.15) is 0 Å². The summed E-state index contributed by atoms with van der Waals surface area (Å²) in [5, 5.41) is 7.81. The smallest absolute Gasteiger partial charge is 0.241 e. The minimum Gasteiger partial charge on any atom is -0.338 e. The zero-order valence-corrected chi connectivity index (χ0v) is 17.9. The van der Waals surface area contributed by atoms with E-state index < -0.39 is 0 Å². The average molecular weight is 425 g/mol. The lowest BCUT2D eigenvalue weighted by atomic mass is 9.95. The van der Waals surface area contributed by atoms with Gasteiger partial charge in [-0.15, -0.1) is 0 Å². The molecule has 4 rings (SSSR count). The molecule has 30 heavy (non-hydrogen) atoms. The number of aromatic nitrogens is 2. The molecule has 0 bridgehead atoms. The van der Waals surface area contributed by atoms with Crippen LogP contribution < -0.4 is 5.32 Å². The monoisotopic (exact) mass is 424 g/mol. The fourth-order valence-electron chi connectivity index (χ4n) is 3.69. The molecule has 1 aliphatic rings. The fraction of sp³-hybridized carbons (Fsp3) is 0.348. The highest BCUT2D eigenvalue weighted by Crippen LogP contribution is 2.24. The van der Waals surface area contributed by atoms with E-state index in [-0.39, 0.29) is 11.8 Å². The molecule has 1 amide bonds. The third kappa shape index (κ3) is 4.89. The fourth-order valence-corrected chi connectivity index (χ4v) is 3.91. The van der Waals surface area contributed by atoms with Crippen LogP contribution in [0.5, 0.6) is 0 Å². The molecule has 0 aliphatic carbocycles. The summed E-state index contributed by atoms with van der Waals surface area (Å²) < 4.78 is 5.44. The van der Waals surface area contributed by atoms with Gasteiger partial charge >= 0.3 is 0 Å². The van der Waals surface area contributed by atoms with Crippen molar-refractivity contribution in [2.75, 3.05) is 18.4 Å². The number of nitrogens with one attached hydrogen (secondary N) is 1. The van der Waals surface area contributed by atoms with Crippen LogP contribution in [0.2, 0.25) is 5.02 Å². The Balaban J connectivity index is 1.29. The Morgan fingerprint density at radius 3 is 2.60 bits per heavy atom. The van der Waals surface area contributed by atoms with Crippen LogP contribution in [0.3, 0.4) is 0 Å². The molecule has 0 radical (unpaired) electrons. The number of carbonyl (C=O) groups excluding carboxylic acids is 1. The third-order valence-corrected chi connectivity index (χ3v) is 5.78. The second-order valence-electron chi connectivity index (χ2n) is 7.88. The first-order valence-corrected chi connectivity index (χ1v) is 10.5. The molecule has 3 aromatic rings. The lowest BCUT2D eigenvalue weighted by Gasteiger charge is -2.30. The van der Waals surface area contributed by atoms with Gasteiger partial charge in [0.25, 0.3) is 0 Å². The normalized spacial score (nSPS) is 15.3. The zero-order valence-electron chi connectivity index (χ0n) is 17.2. The Kier molecular flexibility index (Phi) is 6.16. The Bertz CT molecular complexity index is 1020. The van der Waals surface area contributed by atoms with E-state index in [2.05, 4.69) is 20.4 Å². The SMILES string of the molecule is Cc1ccc(-c2noc(CN3CCC(C(=O)Nc4ccc(Cl)cc4C)CC3)n2)cc1. The molecule has 1 aliphatic heterocycles. The van der Waals surface area contributed by atoms with Crippen molar-refractivity contribution in [1.29, 1.82) is 0 Å². The van der Waals surface area contributed by atoms with Crippen molar-refractivity contribution in [3.05, 3.63) is 64.5 Å². The molecule has 6 nitrogen and oxygen atoms in total. The first-order chi connectivity index (χ1) is 14.5. The molecule has 1 N–H and O–H groups in total. The number of nitrogens with zero attached hydrogens (tertiary/aromatic N) is 3. The van der Waals surface area contributed by atoms with Gasteiger partial charge < -0.3 is 9.84 Å². The minimum atomic E-state index is 0.00197. The summed E-state index contributed by atoms with van der Waals surface area (Å²) in [6.45, 7) is 6.23. The van der Waals surface area contributed by atoms with E-state index in [0.717, 1.165) is 42.7 Å². The zero-order chi connectivity index (χ0) is 21.1. The van der Waals surface area contributed by atoms with Crippen LogP contribution in [-0.4, -0.2) is 34.0 Å². The van der Waals surface area contributed by atoms with Gasteiger partial charge in [-0.2, -0.15) is 4.98 Å². The standard InChI is InChI=1S/C23H25ClN4O2/c1-15-3-5-17(6-4-15)22-26-21(30-27-22)14-28-11-9-18(10-12-28)23(29)25-20-8-7-19(24)13-16(20)2/h3-8,13,18H,9-12,14H2,1-2H3,(H,25,29). The summed E-state index contributed by atoms with van der Waals surface area (Å²) in [6.07, 6.45) is 1.61. The van der Waals surface area contributed by atoms with Crippen molar-refractivity contribution in [2.45, 2.75) is 33.2 Å². The van der Waals surface area contributed by atoms with Crippen LogP contribution in [0.1, 0.15) is 29.9 Å². The molecule has 1 fully saturated rings. The lowest BCUT2D eigenvalue weighted by Crippen LogP contribution is -2.37. The number of carbonyl (C=O) groups is 1. The number of hydrogen-bond donors (Lipinski definition) is 1. The van der Waals surface area contributed by atoms with Gasteiger partial charge in [-0.1, -0.05) is 46.6 Å². The van der Waals surface area contributed by atoms with Crippen molar-refractivity contribution >= 4 is 23.2 Å². The first kappa shape index (κ1) is 20.6. The van der Waals surface area contributed by atoms with Crippen molar-refractivity contribution in [3.8, 4) is 11.4 Å². The topological polar surface area (TPSA) is 71.3 Å². The van der Waals surface area contributed by atoms with Crippen molar-refractivity contribution in [1.82, 2.24) is 15.0 Å². The number of rotatable bonds is 5. The Hall–Kier alpha value is -2.70. The number of benzene rings is 2. The molecule has 0 atom stereocenters. The van der Waals surface area contributed by atoms with E-state index in [1.54, 1.807) is 6.07 Å². The summed E-state index contributed by atoms with van der Waals surface area (Å²) >= 11 is 5.99. The quantitative estimate of drug-likeness (QED) is 0.633. The molecule has 7 heteroatoms. The van der Waals surface area contributed by atoms with Gasteiger partial charge in [0.15, 0.2) is 0 Å². The summed E-state index contributed by atoms with van der Waals surface area (Å²) in [6, 6.07) is 13.6. The van der Waals surface area contributed by atoms with Crippen LogP contribution >= 0.6 is 11.6 Å². The summed E-state index contributed by atoms with van der Waals surface area (Å²) in [5.74, 6) is 1.28. The number of piperidine rings is 1. The van der Waals surface area contributed by atoms with E-state index in [4.69, 9.17) is 16.1 Å². The number of anilines is 1. The third-order valence-electron chi connectivity index (χ3n) is 5.54. The molecule has 0 spiro atoms. The number of aryl methyl sites for hydroxylation is 2. The molecule has 0 saturated carbocycles. The highest BCUT2D eigenvalue weighted by molar-refractivity contribution is 6.30. The Labute approximate surface area is 181 Å².